The van der Waals surface area contributed by atoms with Crippen LogP contribution in [0.3, 0.4) is 0 Å². The van der Waals surface area contributed by atoms with Crippen molar-refractivity contribution in [1.29, 1.82) is 0 Å². The Balaban J connectivity index is 2.21. The van der Waals surface area contributed by atoms with E-state index < -0.39 is 17.7 Å². The molecule has 18 heavy (non-hydrogen) atoms. The van der Waals surface area contributed by atoms with Crippen molar-refractivity contribution in [2.24, 2.45) is 5.73 Å². The highest BCUT2D eigenvalue weighted by molar-refractivity contribution is 9.10. The number of halogens is 3. The van der Waals surface area contributed by atoms with Crippen molar-refractivity contribution < 1.29 is 8.78 Å². The molecule has 4 heteroatoms. The Morgan fingerprint density at radius 3 is 2.61 bits per heavy atom. The molecule has 0 heterocycles. The van der Waals surface area contributed by atoms with Gasteiger partial charge in [0.05, 0.1) is 0 Å². The average molecular weight is 312 g/mol. The molecule has 1 nitrogen and oxygen atoms in total. The van der Waals surface area contributed by atoms with Gasteiger partial charge in [0.1, 0.15) is 11.6 Å². The first kappa shape index (κ1) is 13.2. The second-order valence-corrected chi connectivity index (χ2v) is 5.02. The Bertz CT molecular complexity index is 557. The van der Waals surface area contributed by atoms with Crippen LogP contribution in [0.25, 0.3) is 0 Å². The van der Waals surface area contributed by atoms with Crippen LogP contribution in [0.5, 0.6) is 0 Å². The largest absolute Gasteiger partial charge is 0.324 e. The molecule has 0 bridgehead atoms. The van der Waals surface area contributed by atoms with E-state index in [1.165, 1.54) is 0 Å². The van der Waals surface area contributed by atoms with E-state index in [4.69, 9.17) is 5.73 Å². The van der Waals surface area contributed by atoms with Crippen LogP contribution in [-0.4, -0.2) is 0 Å². The molecule has 0 saturated carbocycles. The lowest BCUT2D eigenvalue weighted by atomic mass is 9.99. The Morgan fingerprint density at radius 1 is 1.11 bits per heavy atom. The van der Waals surface area contributed by atoms with Crippen LogP contribution in [0, 0.1) is 11.6 Å². The van der Waals surface area contributed by atoms with Crippen molar-refractivity contribution >= 4 is 15.9 Å². The fourth-order valence-corrected chi connectivity index (χ4v) is 2.27. The van der Waals surface area contributed by atoms with Gasteiger partial charge in [0.15, 0.2) is 0 Å². The van der Waals surface area contributed by atoms with Gasteiger partial charge in [-0.1, -0.05) is 28.1 Å². The fourth-order valence-electron chi connectivity index (χ4n) is 1.83. The summed E-state index contributed by atoms with van der Waals surface area (Å²) in [4.78, 5) is 0. The summed E-state index contributed by atoms with van der Waals surface area (Å²) >= 11 is 3.36. The molecule has 2 rings (SSSR count). The van der Waals surface area contributed by atoms with E-state index in [1.54, 1.807) is 0 Å². The Labute approximate surface area is 113 Å². The second-order valence-electron chi connectivity index (χ2n) is 4.11. The molecule has 0 radical (unpaired) electrons. The summed E-state index contributed by atoms with van der Waals surface area (Å²) in [6.45, 7) is 0. The first-order chi connectivity index (χ1) is 8.56. The van der Waals surface area contributed by atoms with Gasteiger partial charge in [0.2, 0.25) is 0 Å². The summed E-state index contributed by atoms with van der Waals surface area (Å²) < 4.78 is 27.6. The third kappa shape index (κ3) is 3.15. The molecule has 0 amide bonds. The van der Waals surface area contributed by atoms with Crippen molar-refractivity contribution in [1.82, 2.24) is 0 Å². The third-order valence-corrected chi connectivity index (χ3v) is 3.20. The Morgan fingerprint density at radius 2 is 1.89 bits per heavy atom. The van der Waals surface area contributed by atoms with E-state index in [0.29, 0.717) is 6.42 Å². The van der Waals surface area contributed by atoms with Gasteiger partial charge >= 0.3 is 0 Å². The normalized spacial score (nSPS) is 12.4. The van der Waals surface area contributed by atoms with Gasteiger partial charge in [-0.25, -0.2) is 8.78 Å². The molecule has 1 unspecified atom stereocenters. The minimum Gasteiger partial charge on any atom is -0.324 e. The zero-order valence-corrected chi connectivity index (χ0v) is 11.1. The van der Waals surface area contributed by atoms with E-state index in [9.17, 15) is 8.78 Å². The first-order valence-corrected chi connectivity index (χ1v) is 6.30. The lowest BCUT2D eigenvalue weighted by molar-refractivity contribution is 0.561. The summed E-state index contributed by atoms with van der Waals surface area (Å²) in [6.07, 6.45) is 0.458. The Kier molecular flexibility index (Phi) is 4.09. The first-order valence-electron chi connectivity index (χ1n) is 5.51. The van der Waals surface area contributed by atoms with Crippen LogP contribution in [0.15, 0.2) is 46.9 Å². The summed E-state index contributed by atoms with van der Waals surface area (Å²) in [5.74, 6) is -0.949. The summed E-state index contributed by atoms with van der Waals surface area (Å²) in [5, 5.41) is 0. The van der Waals surface area contributed by atoms with Gasteiger partial charge in [-0.15, -0.1) is 0 Å². The van der Waals surface area contributed by atoms with E-state index in [0.717, 1.165) is 28.2 Å². The molecule has 0 aliphatic rings. The maximum atomic E-state index is 13.5. The van der Waals surface area contributed by atoms with Gasteiger partial charge in [0.25, 0.3) is 0 Å². The lowest BCUT2D eigenvalue weighted by Gasteiger charge is -2.13. The maximum absolute atomic E-state index is 13.5. The SMILES string of the molecule is NC(Cc1cccc(Br)c1)c1cc(F)ccc1F. The van der Waals surface area contributed by atoms with Crippen molar-refractivity contribution in [2.45, 2.75) is 12.5 Å². The van der Waals surface area contributed by atoms with E-state index in [1.807, 2.05) is 24.3 Å². The van der Waals surface area contributed by atoms with Crippen LogP contribution < -0.4 is 5.73 Å². The maximum Gasteiger partial charge on any atom is 0.128 e. The summed E-state index contributed by atoms with van der Waals surface area (Å²) in [5.41, 5.74) is 7.10. The van der Waals surface area contributed by atoms with Gasteiger partial charge in [-0.2, -0.15) is 0 Å². The summed E-state index contributed by atoms with van der Waals surface area (Å²) in [6, 6.07) is 10.4. The molecular weight excluding hydrogens is 300 g/mol. The molecule has 94 valence electrons. The van der Waals surface area contributed by atoms with Gasteiger partial charge in [-0.05, 0) is 42.3 Å². The van der Waals surface area contributed by atoms with Crippen molar-refractivity contribution in [2.75, 3.05) is 0 Å². The quantitative estimate of drug-likeness (QED) is 0.912. The zero-order valence-electron chi connectivity index (χ0n) is 9.54. The number of benzene rings is 2. The molecular formula is C14H12BrF2N. The molecule has 0 aliphatic carbocycles. The third-order valence-electron chi connectivity index (χ3n) is 2.70. The topological polar surface area (TPSA) is 26.0 Å². The highest BCUT2D eigenvalue weighted by atomic mass is 79.9. The molecule has 0 fully saturated rings. The van der Waals surface area contributed by atoms with Crippen molar-refractivity contribution in [3.8, 4) is 0 Å². The number of hydrogen-bond acceptors (Lipinski definition) is 1. The molecule has 0 aliphatic heterocycles. The van der Waals surface area contributed by atoms with Crippen LogP contribution in [0.4, 0.5) is 8.78 Å². The van der Waals surface area contributed by atoms with Gasteiger partial charge < -0.3 is 5.73 Å². The number of hydrogen-bond donors (Lipinski definition) is 1. The molecule has 2 aromatic carbocycles. The van der Waals surface area contributed by atoms with Crippen LogP contribution in [0.1, 0.15) is 17.2 Å². The van der Waals surface area contributed by atoms with E-state index in [-0.39, 0.29) is 5.56 Å². The van der Waals surface area contributed by atoms with Gasteiger partial charge in [-0.3, -0.25) is 0 Å². The predicted octanol–water partition coefficient (Wildman–Crippen LogP) is 3.97. The monoisotopic (exact) mass is 311 g/mol. The van der Waals surface area contributed by atoms with E-state index >= 15 is 0 Å². The van der Waals surface area contributed by atoms with Gasteiger partial charge in [0, 0.05) is 16.1 Å². The highest BCUT2D eigenvalue weighted by Crippen LogP contribution is 2.21. The van der Waals surface area contributed by atoms with Crippen LogP contribution in [-0.2, 0) is 6.42 Å². The zero-order chi connectivity index (χ0) is 13.1. The molecule has 2 aromatic rings. The predicted molar refractivity (Wildman–Crippen MR) is 71.1 cm³/mol. The molecule has 0 aromatic heterocycles. The lowest BCUT2D eigenvalue weighted by Crippen LogP contribution is -2.15. The Hall–Kier alpha value is -1.26. The fraction of sp³-hybridized carbons (Fsp3) is 0.143. The molecule has 1 atom stereocenters. The minimum atomic E-state index is -0.560. The highest BCUT2D eigenvalue weighted by Gasteiger charge is 2.13. The number of nitrogens with two attached hydrogens (primary N) is 1. The molecule has 0 saturated heterocycles. The van der Waals surface area contributed by atoms with Crippen LogP contribution >= 0.6 is 15.9 Å². The number of rotatable bonds is 3. The molecule has 2 N–H and O–H groups in total. The average Bonchev–Trinajstić information content (AvgIpc) is 2.32. The second kappa shape index (κ2) is 5.59. The van der Waals surface area contributed by atoms with Crippen molar-refractivity contribution in [3.05, 3.63) is 69.7 Å². The molecule has 0 spiro atoms. The van der Waals surface area contributed by atoms with E-state index in [2.05, 4.69) is 15.9 Å². The smallest absolute Gasteiger partial charge is 0.128 e. The van der Waals surface area contributed by atoms with Crippen molar-refractivity contribution in [3.63, 3.8) is 0 Å². The minimum absolute atomic E-state index is 0.204. The summed E-state index contributed by atoms with van der Waals surface area (Å²) in [7, 11) is 0. The standard InChI is InChI=1S/C14H12BrF2N/c15-10-3-1-2-9(6-10)7-14(18)12-8-11(16)4-5-13(12)17/h1-6,8,14H,7,18H2. The van der Waals surface area contributed by atoms with Crippen LogP contribution in [0.2, 0.25) is 0 Å².